The maximum absolute atomic E-state index is 5.68. The van der Waals surface area contributed by atoms with Crippen LogP contribution in [-0.4, -0.2) is 23.0 Å². The van der Waals surface area contributed by atoms with E-state index < -0.39 is 0 Å². The van der Waals surface area contributed by atoms with Gasteiger partial charge in [-0.05, 0) is 29.7 Å². The van der Waals surface area contributed by atoms with E-state index in [1.165, 1.54) is 16.9 Å². The van der Waals surface area contributed by atoms with Crippen molar-refractivity contribution in [2.75, 3.05) is 13.1 Å². The Hall–Kier alpha value is -1.39. The second-order valence-electron chi connectivity index (χ2n) is 6.41. The number of ether oxygens (including phenoxy) is 1. The van der Waals surface area contributed by atoms with Gasteiger partial charge in [0.15, 0.2) is 0 Å². The summed E-state index contributed by atoms with van der Waals surface area (Å²) >= 11 is 1.50. The van der Waals surface area contributed by atoms with Crippen LogP contribution in [0, 0.1) is 5.41 Å². The van der Waals surface area contributed by atoms with Gasteiger partial charge < -0.3 is 4.74 Å². The third-order valence-corrected chi connectivity index (χ3v) is 3.74. The van der Waals surface area contributed by atoms with Crippen molar-refractivity contribution in [1.29, 1.82) is 0 Å². The molecule has 0 aliphatic carbocycles. The third-order valence-electron chi connectivity index (χ3n) is 3.09. The van der Waals surface area contributed by atoms with Gasteiger partial charge in [-0.3, -0.25) is 4.90 Å². The minimum atomic E-state index is 0.323. The van der Waals surface area contributed by atoms with Gasteiger partial charge in [-0.1, -0.05) is 51.2 Å². The molecule has 1 aromatic heterocycles. The number of benzene rings is 1. The van der Waals surface area contributed by atoms with Gasteiger partial charge in [-0.15, -0.1) is 0 Å². The van der Waals surface area contributed by atoms with Gasteiger partial charge in [0, 0.05) is 24.7 Å². The van der Waals surface area contributed by atoms with Crippen LogP contribution in [0.4, 0.5) is 0 Å². The number of nitrogens with zero attached hydrogens (tertiary/aromatic N) is 2. The molecule has 114 valence electrons. The van der Waals surface area contributed by atoms with Crippen molar-refractivity contribution in [2.24, 2.45) is 5.41 Å². The van der Waals surface area contributed by atoms with E-state index in [-0.39, 0.29) is 0 Å². The summed E-state index contributed by atoms with van der Waals surface area (Å²) in [5, 5.41) is 2.60. The summed E-state index contributed by atoms with van der Waals surface area (Å²) in [6, 6.07) is 8.30. The lowest BCUT2D eigenvalue weighted by Gasteiger charge is -2.29. The Labute approximate surface area is 131 Å². The molecule has 0 saturated heterocycles. The minimum Gasteiger partial charge on any atom is -0.431 e. The smallest absolute Gasteiger partial charge is 0.278 e. The average molecular weight is 304 g/mol. The predicted molar refractivity (Wildman–Crippen MR) is 89.0 cm³/mol. The molecule has 0 amide bonds. The Morgan fingerprint density at radius 3 is 2.43 bits per heavy atom. The molecule has 0 aliphatic rings. The fraction of sp³-hybridized carbons (Fsp3) is 0.471. The number of hydrogen-bond acceptors (Lipinski definition) is 4. The van der Waals surface area contributed by atoms with Crippen LogP contribution in [0.1, 0.15) is 33.3 Å². The molecule has 0 spiro atoms. The summed E-state index contributed by atoms with van der Waals surface area (Å²) in [5.74, 6) is 0.840. The molecule has 0 saturated carbocycles. The van der Waals surface area contributed by atoms with E-state index in [4.69, 9.17) is 4.74 Å². The van der Waals surface area contributed by atoms with Crippen molar-refractivity contribution in [3.63, 3.8) is 0 Å². The standard InChI is InChI=1S/C17H24N2OS/c1-5-19(13-17(2,3)4)12-14-6-8-15(9-7-14)20-16-18-10-11-21-16/h6-11H,5,12-13H2,1-4H3. The first-order valence-corrected chi connectivity index (χ1v) is 8.23. The topological polar surface area (TPSA) is 25.4 Å². The van der Waals surface area contributed by atoms with Crippen LogP contribution in [0.3, 0.4) is 0 Å². The fourth-order valence-corrected chi connectivity index (χ4v) is 2.74. The second-order valence-corrected chi connectivity index (χ2v) is 7.27. The van der Waals surface area contributed by atoms with E-state index in [1.807, 2.05) is 17.5 Å². The van der Waals surface area contributed by atoms with Crippen LogP contribution in [-0.2, 0) is 6.54 Å². The van der Waals surface area contributed by atoms with E-state index >= 15 is 0 Å². The molecule has 3 nitrogen and oxygen atoms in total. The summed E-state index contributed by atoms with van der Waals surface area (Å²) in [5.41, 5.74) is 1.64. The van der Waals surface area contributed by atoms with Crippen molar-refractivity contribution in [3.8, 4) is 10.9 Å². The van der Waals surface area contributed by atoms with Crippen molar-refractivity contribution >= 4 is 11.3 Å². The quantitative estimate of drug-likeness (QED) is 0.766. The highest BCUT2D eigenvalue weighted by atomic mass is 32.1. The minimum absolute atomic E-state index is 0.323. The average Bonchev–Trinajstić information content (AvgIpc) is 2.91. The van der Waals surface area contributed by atoms with Gasteiger partial charge in [0.2, 0.25) is 0 Å². The molecular weight excluding hydrogens is 280 g/mol. The van der Waals surface area contributed by atoms with E-state index in [1.54, 1.807) is 6.20 Å². The molecule has 0 fully saturated rings. The van der Waals surface area contributed by atoms with Gasteiger partial charge in [0.05, 0.1) is 0 Å². The Kier molecular flexibility index (Phi) is 5.37. The van der Waals surface area contributed by atoms with Crippen LogP contribution in [0.2, 0.25) is 0 Å². The van der Waals surface area contributed by atoms with Gasteiger partial charge >= 0.3 is 0 Å². The second kappa shape index (κ2) is 7.05. The lowest BCUT2D eigenvalue weighted by atomic mass is 9.96. The molecule has 0 bridgehead atoms. The summed E-state index contributed by atoms with van der Waals surface area (Å²) in [4.78, 5) is 6.59. The van der Waals surface area contributed by atoms with Crippen LogP contribution in [0.5, 0.6) is 10.9 Å². The summed E-state index contributed by atoms with van der Waals surface area (Å²) < 4.78 is 5.68. The van der Waals surface area contributed by atoms with Crippen LogP contribution in [0.25, 0.3) is 0 Å². The summed E-state index contributed by atoms with van der Waals surface area (Å²) in [6.45, 7) is 12.2. The van der Waals surface area contributed by atoms with Crippen LogP contribution >= 0.6 is 11.3 Å². The molecule has 0 radical (unpaired) electrons. The van der Waals surface area contributed by atoms with Crippen molar-refractivity contribution < 1.29 is 4.74 Å². The van der Waals surface area contributed by atoms with Crippen molar-refractivity contribution in [3.05, 3.63) is 41.4 Å². The highest BCUT2D eigenvalue weighted by Gasteiger charge is 2.15. The zero-order valence-electron chi connectivity index (χ0n) is 13.3. The van der Waals surface area contributed by atoms with E-state index in [2.05, 4.69) is 49.7 Å². The van der Waals surface area contributed by atoms with Crippen molar-refractivity contribution in [1.82, 2.24) is 9.88 Å². The highest BCUT2D eigenvalue weighted by Crippen LogP contribution is 2.24. The predicted octanol–water partition coefficient (Wildman–Crippen LogP) is 4.80. The lowest BCUT2D eigenvalue weighted by molar-refractivity contribution is 0.192. The van der Waals surface area contributed by atoms with Crippen molar-refractivity contribution in [2.45, 2.75) is 34.2 Å². The first-order valence-electron chi connectivity index (χ1n) is 7.35. The monoisotopic (exact) mass is 304 g/mol. The maximum Gasteiger partial charge on any atom is 0.278 e. The molecule has 2 rings (SSSR count). The van der Waals surface area contributed by atoms with Gasteiger partial charge in [-0.2, -0.15) is 0 Å². The van der Waals surface area contributed by atoms with E-state index in [9.17, 15) is 0 Å². The van der Waals surface area contributed by atoms with Gasteiger partial charge in [-0.25, -0.2) is 4.98 Å². The molecule has 0 aliphatic heterocycles. The Balaban J connectivity index is 1.95. The zero-order valence-corrected chi connectivity index (χ0v) is 14.1. The first-order chi connectivity index (χ1) is 9.96. The number of aromatic nitrogens is 1. The molecular formula is C17H24N2OS. The third kappa shape index (κ3) is 5.48. The first kappa shape index (κ1) is 16.0. The summed E-state index contributed by atoms with van der Waals surface area (Å²) in [7, 11) is 0. The summed E-state index contributed by atoms with van der Waals surface area (Å²) in [6.07, 6.45) is 1.75. The van der Waals surface area contributed by atoms with Crippen LogP contribution < -0.4 is 4.74 Å². The lowest BCUT2D eigenvalue weighted by Crippen LogP contribution is -2.32. The SMILES string of the molecule is CCN(Cc1ccc(Oc2nccs2)cc1)CC(C)(C)C. The Morgan fingerprint density at radius 1 is 1.19 bits per heavy atom. The molecule has 0 atom stereocenters. The molecule has 4 heteroatoms. The number of thiazole rings is 1. The van der Waals surface area contributed by atoms with Gasteiger partial charge in [0.1, 0.15) is 5.75 Å². The van der Waals surface area contributed by atoms with Gasteiger partial charge in [0.25, 0.3) is 5.19 Å². The number of rotatable bonds is 6. The highest BCUT2D eigenvalue weighted by molar-refractivity contribution is 7.11. The molecule has 0 unspecified atom stereocenters. The normalized spacial score (nSPS) is 11.9. The maximum atomic E-state index is 5.68. The molecule has 2 aromatic rings. The Morgan fingerprint density at radius 2 is 1.90 bits per heavy atom. The fourth-order valence-electron chi connectivity index (χ4n) is 2.23. The van der Waals surface area contributed by atoms with E-state index in [0.717, 1.165) is 25.4 Å². The molecule has 0 N–H and O–H groups in total. The molecule has 1 heterocycles. The van der Waals surface area contributed by atoms with Crippen LogP contribution in [0.15, 0.2) is 35.8 Å². The van der Waals surface area contributed by atoms with E-state index in [0.29, 0.717) is 10.6 Å². The number of hydrogen-bond donors (Lipinski definition) is 0. The molecule has 1 aromatic carbocycles. The largest absolute Gasteiger partial charge is 0.431 e. The molecule has 21 heavy (non-hydrogen) atoms. The zero-order chi connectivity index (χ0) is 15.3. The Bertz CT molecular complexity index is 529.